The lowest BCUT2D eigenvalue weighted by Crippen LogP contribution is -2.03. The Bertz CT molecular complexity index is 3610. The smallest absolute Gasteiger partial charge is 0.166 e. The van der Waals surface area contributed by atoms with Gasteiger partial charge >= 0.3 is 0 Å². The van der Waals surface area contributed by atoms with E-state index in [4.69, 9.17) is 19.4 Å². The Morgan fingerprint density at radius 3 is 1.56 bits per heavy atom. The number of nitriles is 1. The number of aromatic nitrogens is 5. The average molecular weight is 755 g/mol. The molecule has 0 saturated carbocycles. The summed E-state index contributed by atoms with van der Waals surface area (Å²) in [5.41, 5.74) is 10.0. The quantitative estimate of drug-likeness (QED) is 0.175. The molecule has 12 aromatic rings. The highest BCUT2D eigenvalue weighted by atomic mass is 16.3. The van der Waals surface area contributed by atoms with Gasteiger partial charge in [0, 0.05) is 54.7 Å². The van der Waals surface area contributed by atoms with Gasteiger partial charge in [-0.3, -0.25) is 0 Å². The molecule has 7 nitrogen and oxygen atoms in total. The molecule has 0 fully saturated rings. The first-order chi connectivity index (χ1) is 29.2. The second-order valence-corrected chi connectivity index (χ2v) is 14.7. The third kappa shape index (κ3) is 4.90. The van der Waals surface area contributed by atoms with Crippen LogP contribution in [0, 0.1) is 11.3 Å². The lowest BCUT2D eigenvalue weighted by Gasteiger charge is -2.15. The monoisotopic (exact) mass is 754 g/mol. The van der Waals surface area contributed by atoms with E-state index in [1.54, 1.807) is 0 Å². The van der Waals surface area contributed by atoms with E-state index in [1.165, 1.54) is 0 Å². The Morgan fingerprint density at radius 1 is 0.458 bits per heavy atom. The van der Waals surface area contributed by atoms with E-state index in [-0.39, 0.29) is 0 Å². The van der Waals surface area contributed by atoms with Crippen molar-refractivity contribution >= 4 is 65.6 Å². The van der Waals surface area contributed by atoms with Gasteiger partial charge in [-0.25, -0.2) is 15.0 Å². The molecule has 0 atom stereocenters. The maximum atomic E-state index is 11.3. The zero-order valence-electron chi connectivity index (χ0n) is 31.4. The minimum atomic E-state index is 0.395. The van der Waals surface area contributed by atoms with Gasteiger partial charge in [0.1, 0.15) is 5.58 Å². The van der Waals surface area contributed by atoms with Gasteiger partial charge in [-0.2, -0.15) is 5.26 Å². The summed E-state index contributed by atoms with van der Waals surface area (Å²) in [7, 11) is 0. The number of nitrogens with zero attached hydrogens (tertiary/aromatic N) is 6. The van der Waals surface area contributed by atoms with Crippen molar-refractivity contribution in [3.63, 3.8) is 0 Å². The first-order valence-electron chi connectivity index (χ1n) is 19.5. The standard InChI is InChI=1S/C52H30N6O/c53-31-34-30-43(58-42-26-14-11-23-37(42)39-29-28-38-36-22-10-13-25-41(36)57(47(38)48(39)58)35-20-8-3-9-21-35)49-46(40-24-12-15-27-44(40)59-49)45(34)52-55-50(32-16-4-1-5-17-32)54-51(56-52)33-18-6-2-7-19-33/h1-30H. The molecule has 8 aromatic carbocycles. The van der Waals surface area contributed by atoms with Gasteiger partial charge in [-0.1, -0.05) is 146 Å². The van der Waals surface area contributed by atoms with Gasteiger partial charge in [0.2, 0.25) is 0 Å². The normalized spacial score (nSPS) is 11.7. The fourth-order valence-electron chi connectivity index (χ4n) is 8.89. The summed E-state index contributed by atoms with van der Waals surface area (Å²) in [6, 6.07) is 64.3. The Hall–Kier alpha value is -8.34. The summed E-state index contributed by atoms with van der Waals surface area (Å²) in [6.07, 6.45) is 0. The molecule has 0 N–H and O–H groups in total. The topological polar surface area (TPSA) is 85.5 Å². The zero-order valence-corrected chi connectivity index (χ0v) is 31.4. The third-order valence-corrected chi connectivity index (χ3v) is 11.4. The number of benzene rings is 8. The molecule has 0 amide bonds. The van der Waals surface area contributed by atoms with E-state index in [2.05, 4.69) is 100 Å². The van der Waals surface area contributed by atoms with Crippen molar-refractivity contribution in [1.29, 1.82) is 5.26 Å². The van der Waals surface area contributed by atoms with Crippen molar-refractivity contribution in [2.24, 2.45) is 0 Å². The summed E-state index contributed by atoms with van der Waals surface area (Å²) in [5.74, 6) is 1.43. The number of fused-ring (bicyclic) bond motifs is 10. The molecule has 12 rings (SSSR count). The summed E-state index contributed by atoms with van der Waals surface area (Å²) in [4.78, 5) is 15.2. The van der Waals surface area contributed by atoms with Crippen molar-refractivity contribution < 1.29 is 4.42 Å². The summed E-state index contributed by atoms with van der Waals surface area (Å²) in [6.45, 7) is 0. The van der Waals surface area contributed by atoms with Crippen molar-refractivity contribution in [3.8, 4) is 51.6 Å². The van der Waals surface area contributed by atoms with E-state index in [0.717, 1.165) is 76.9 Å². The van der Waals surface area contributed by atoms with Crippen molar-refractivity contribution in [2.75, 3.05) is 0 Å². The molecule has 0 radical (unpaired) electrons. The van der Waals surface area contributed by atoms with E-state index in [9.17, 15) is 5.26 Å². The van der Waals surface area contributed by atoms with E-state index in [1.807, 2.05) is 97.1 Å². The van der Waals surface area contributed by atoms with Crippen LogP contribution in [0.15, 0.2) is 186 Å². The molecule has 4 heterocycles. The molecular weight excluding hydrogens is 725 g/mol. The van der Waals surface area contributed by atoms with Gasteiger partial charge in [0.15, 0.2) is 23.1 Å². The lowest BCUT2D eigenvalue weighted by molar-refractivity contribution is 0.666. The van der Waals surface area contributed by atoms with Crippen molar-refractivity contribution in [2.45, 2.75) is 0 Å². The minimum absolute atomic E-state index is 0.395. The molecule has 0 bridgehead atoms. The predicted octanol–water partition coefficient (Wildman–Crippen LogP) is 12.8. The number of hydrogen-bond donors (Lipinski definition) is 0. The maximum absolute atomic E-state index is 11.3. The SMILES string of the molecule is N#Cc1cc(-n2c3ccccc3c3ccc4c5ccccc5n(-c5ccccc5)c4c32)c2oc3ccccc3c2c1-c1nc(-c2ccccc2)nc(-c2ccccc2)n1. The van der Waals surface area contributed by atoms with Crippen molar-refractivity contribution in [1.82, 2.24) is 24.1 Å². The van der Waals surface area contributed by atoms with Crippen molar-refractivity contribution in [3.05, 3.63) is 188 Å². The van der Waals surface area contributed by atoms with Crippen LogP contribution in [0.1, 0.15) is 5.56 Å². The van der Waals surface area contributed by atoms with Gasteiger partial charge < -0.3 is 13.6 Å². The Balaban J connectivity index is 1.25. The second-order valence-electron chi connectivity index (χ2n) is 14.7. The highest BCUT2D eigenvalue weighted by molar-refractivity contribution is 6.25. The number of hydrogen-bond acceptors (Lipinski definition) is 5. The number of para-hydroxylation sites is 4. The van der Waals surface area contributed by atoms with E-state index >= 15 is 0 Å². The summed E-state index contributed by atoms with van der Waals surface area (Å²) in [5, 5.41) is 17.4. The van der Waals surface area contributed by atoms with Crippen LogP contribution in [0.2, 0.25) is 0 Å². The molecular formula is C52H30N6O. The minimum Gasteiger partial charge on any atom is -0.454 e. The first kappa shape index (κ1) is 32.9. The first-order valence-corrected chi connectivity index (χ1v) is 19.5. The molecule has 0 aliphatic heterocycles. The largest absolute Gasteiger partial charge is 0.454 e. The molecule has 59 heavy (non-hydrogen) atoms. The molecule has 274 valence electrons. The molecule has 0 spiro atoms. The molecule has 4 aromatic heterocycles. The average Bonchev–Trinajstić information content (AvgIpc) is 3.97. The molecule has 0 saturated heterocycles. The Morgan fingerprint density at radius 2 is 0.949 bits per heavy atom. The van der Waals surface area contributed by atoms with Gasteiger partial charge in [-0.05, 0) is 36.4 Å². The fraction of sp³-hybridized carbons (Fsp3) is 0. The van der Waals surface area contributed by atoms with Gasteiger partial charge in [-0.15, -0.1) is 0 Å². The van der Waals surface area contributed by atoms with Crippen LogP contribution >= 0.6 is 0 Å². The summed E-state index contributed by atoms with van der Waals surface area (Å²) >= 11 is 0. The van der Waals surface area contributed by atoms with E-state index in [0.29, 0.717) is 39.8 Å². The van der Waals surface area contributed by atoms with Crippen LogP contribution in [0.25, 0.3) is 111 Å². The summed E-state index contributed by atoms with van der Waals surface area (Å²) < 4.78 is 11.6. The predicted molar refractivity (Wildman–Crippen MR) is 237 cm³/mol. The Labute approximate surface area is 337 Å². The number of furan rings is 1. The van der Waals surface area contributed by atoms with Gasteiger partial charge in [0.25, 0.3) is 0 Å². The molecule has 7 heteroatoms. The van der Waals surface area contributed by atoms with E-state index < -0.39 is 0 Å². The fourth-order valence-corrected chi connectivity index (χ4v) is 8.89. The number of rotatable bonds is 5. The Kier molecular flexibility index (Phi) is 7.16. The highest BCUT2D eigenvalue weighted by Crippen LogP contribution is 2.46. The maximum Gasteiger partial charge on any atom is 0.166 e. The molecule has 0 unspecified atom stereocenters. The van der Waals surface area contributed by atoms with Gasteiger partial charge in [0.05, 0.1) is 39.4 Å². The van der Waals surface area contributed by atoms with Crippen LogP contribution < -0.4 is 0 Å². The zero-order chi connectivity index (χ0) is 39.0. The lowest BCUT2D eigenvalue weighted by atomic mass is 9.98. The van der Waals surface area contributed by atoms with Crippen LogP contribution in [0.5, 0.6) is 0 Å². The molecule has 0 aliphatic carbocycles. The molecule has 0 aliphatic rings. The highest BCUT2D eigenvalue weighted by Gasteiger charge is 2.28. The second kappa shape index (κ2) is 12.8. The van der Waals surface area contributed by atoms with Crippen LogP contribution in [-0.2, 0) is 0 Å². The van der Waals surface area contributed by atoms with Crippen LogP contribution in [-0.4, -0.2) is 24.1 Å². The third-order valence-electron chi connectivity index (χ3n) is 11.4. The van der Waals surface area contributed by atoms with Crippen LogP contribution in [0.4, 0.5) is 0 Å². The van der Waals surface area contributed by atoms with Crippen LogP contribution in [0.3, 0.4) is 0 Å².